The van der Waals surface area contributed by atoms with E-state index in [9.17, 15) is 18.0 Å². The molecule has 1 rings (SSSR count). The van der Waals surface area contributed by atoms with Crippen LogP contribution in [0.25, 0.3) is 0 Å². The van der Waals surface area contributed by atoms with Crippen molar-refractivity contribution < 1.29 is 18.0 Å². The van der Waals surface area contributed by atoms with Crippen LogP contribution in [0.2, 0.25) is 0 Å². The largest absolute Gasteiger partial charge is 0.389 e. The number of hydrogen-bond acceptors (Lipinski definition) is 1. The van der Waals surface area contributed by atoms with Crippen molar-refractivity contribution in [1.29, 1.82) is 0 Å². The third-order valence-corrected chi connectivity index (χ3v) is 2.84. The number of benzene rings is 1. The first-order valence-corrected chi connectivity index (χ1v) is 5.74. The number of rotatable bonds is 4. The van der Waals surface area contributed by atoms with E-state index in [0.717, 1.165) is 10.0 Å². The van der Waals surface area contributed by atoms with Gasteiger partial charge < -0.3 is 5.32 Å². The second kappa shape index (κ2) is 6.05. The molecule has 1 amide bonds. The maximum atomic E-state index is 11.9. The molecule has 1 aromatic rings. The quantitative estimate of drug-likeness (QED) is 0.907. The molecule has 0 saturated carbocycles. The zero-order chi connectivity index (χ0) is 12.9. The third kappa shape index (κ3) is 5.72. The molecule has 0 aliphatic carbocycles. The zero-order valence-electron chi connectivity index (χ0n) is 8.85. The van der Waals surface area contributed by atoms with Crippen LogP contribution in [0.3, 0.4) is 0 Å². The van der Waals surface area contributed by atoms with Gasteiger partial charge in [0.15, 0.2) is 0 Å². The fraction of sp³-hybridized carbons (Fsp3) is 0.364. The summed E-state index contributed by atoms with van der Waals surface area (Å²) in [6.07, 6.45) is -5.91. The first kappa shape index (κ1) is 14.0. The number of nitrogens with one attached hydrogen (secondary N) is 1. The first-order chi connectivity index (χ1) is 7.88. The number of alkyl halides is 3. The second-order valence-electron chi connectivity index (χ2n) is 3.48. The van der Waals surface area contributed by atoms with E-state index in [1.807, 2.05) is 6.07 Å². The van der Waals surface area contributed by atoms with E-state index in [1.165, 1.54) is 0 Å². The van der Waals surface area contributed by atoms with Crippen LogP contribution in [0.1, 0.15) is 18.4 Å². The molecule has 0 aromatic heterocycles. The molecule has 1 aromatic carbocycles. The van der Waals surface area contributed by atoms with Gasteiger partial charge in [0, 0.05) is 17.4 Å². The van der Waals surface area contributed by atoms with Crippen molar-refractivity contribution in [2.45, 2.75) is 25.6 Å². The lowest BCUT2D eigenvalue weighted by Crippen LogP contribution is -2.24. The summed E-state index contributed by atoms with van der Waals surface area (Å²) >= 11 is 3.29. The molecule has 0 heterocycles. The van der Waals surface area contributed by atoms with Gasteiger partial charge in [0.1, 0.15) is 0 Å². The SMILES string of the molecule is O=C(CCC(F)(F)F)NCc1ccccc1Br. The summed E-state index contributed by atoms with van der Waals surface area (Å²) in [4.78, 5) is 11.1. The van der Waals surface area contributed by atoms with Gasteiger partial charge in [-0.25, -0.2) is 0 Å². The lowest BCUT2D eigenvalue weighted by molar-refractivity contribution is -0.144. The summed E-state index contributed by atoms with van der Waals surface area (Å²) in [5.74, 6) is -0.599. The highest BCUT2D eigenvalue weighted by atomic mass is 79.9. The molecule has 94 valence electrons. The molecular weight excluding hydrogens is 299 g/mol. The molecule has 0 fully saturated rings. The van der Waals surface area contributed by atoms with Gasteiger partial charge in [0.05, 0.1) is 6.42 Å². The Morgan fingerprint density at radius 2 is 1.94 bits per heavy atom. The van der Waals surface area contributed by atoms with Crippen molar-refractivity contribution in [2.75, 3.05) is 0 Å². The van der Waals surface area contributed by atoms with Crippen LogP contribution in [-0.2, 0) is 11.3 Å². The third-order valence-electron chi connectivity index (χ3n) is 2.07. The summed E-state index contributed by atoms with van der Waals surface area (Å²) in [6.45, 7) is 0.220. The monoisotopic (exact) mass is 309 g/mol. The number of carbonyl (C=O) groups is 1. The van der Waals surface area contributed by atoms with Gasteiger partial charge in [-0.2, -0.15) is 13.2 Å². The standard InChI is InChI=1S/C11H11BrF3NO/c12-9-4-2-1-3-8(9)7-16-10(17)5-6-11(13,14)15/h1-4H,5-7H2,(H,16,17). The molecule has 0 aliphatic heterocycles. The van der Waals surface area contributed by atoms with Crippen LogP contribution in [0.15, 0.2) is 28.7 Å². The van der Waals surface area contributed by atoms with E-state index in [1.54, 1.807) is 18.2 Å². The molecule has 0 spiro atoms. The first-order valence-electron chi connectivity index (χ1n) is 4.95. The lowest BCUT2D eigenvalue weighted by atomic mass is 10.2. The molecule has 0 atom stereocenters. The topological polar surface area (TPSA) is 29.1 Å². The van der Waals surface area contributed by atoms with Crippen molar-refractivity contribution in [1.82, 2.24) is 5.32 Å². The smallest absolute Gasteiger partial charge is 0.352 e. The number of amides is 1. The Balaban J connectivity index is 2.36. The minimum atomic E-state index is -4.29. The van der Waals surface area contributed by atoms with E-state index in [4.69, 9.17) is 0 Å². The number of carbonyl (C=O) groups excluding carboxylic acids is 1. The predicted octanol–water partition coefficient (Wildman–Crippen LogP) is 3.41. The molecule has 0 aliphatic rings. The Kier molecular flexibility index (Phi) is 4.99. The highest BCUT2D eigenvalue weighted by molar-refractivity contribution is 9.10. The van der Waals surface area contributed by atoms with Gasteiger partial charge in [-0.3, -0.25) is 4.79 Å². The Morgan fingerprint density at radius 1 is 1.29 bits per heavy atom. The summed E-state index contributed by atoms with van der Waals surface area (Å²) < 4.78 is 36.4. The molecule has 2 nitrogen and oxygen atoms in total. The van der Waals surface area contributed by atoms with Crippen molar-refractivity contribution in [3.63, 3.8) is 0 Å². The Morgan fingerprint density at radius 3 is 2.53 bits per heavy atom. The van der Waals surface area contributed by atoms with E-state index in [2.05, 4.69) is 21.2 Å². The van der Waals surface area contributed by atoms with Crippen molar-refractivity contribution in [3.05, 3.63) is 34.3 Å². The lowest BCUT2D eigenvalue weighted by Gasteiger charge is -2.08. The molecule has 6 heteroatoms. The zero-order valence-corrected chi connectivity index (χ0v) is 10.4. The Hall–Kier alpha value is -1.04. The van der Waals surface area contributed by atoms with Crippen LogP contribution in [-0.4, -0.2) is 12.1 Å². The van der Waals surface area contributed by atoms with Crippen LogP contribution >= 0.6 is 15.9 Å². The molecule has 0 unspecified atom stereocenters. The molecule has 0 radical (unpaired) electrons. The molecule has 1 N–H and O–H groups in total. The van der Waals surface area contributed by atoms with Crippen molar-refractivity contribution in [2.24, 2.45) is 0 Å². The van der Waals surface area contributed by atoms with Gasteiger partial charge in [0.2, 0.25) is 5.91 Å². The predicted molar refractivity (Wildman–Crippen MR) is 61.3 cm³/mol. The van der Waals surface area contributed by atoms with Gasteiger partial charge in [-0.05, 0) is 11.6 Å². The van der Waals surface area contributed by atoms with Crippen LogP contribution in [0.5, 0.6) is 0 Å². The highest BCUT2D eigenvalue weighted by Crippen LogP contribution is 2.21. The maximum absolute atomic E-state index is 11.9. The summed E-state index contributed by atoms with van der Waals surface area (Å²) in [6, 6.07) is 7.20. The van der Waals surface area contributed by atoms with Gasteiger partial charge >= 0.3 is 6.18 Å². The second-order valence-corrected chi connectivity index (χ2v) is 4.34. The number of halogens is 4. The van der Waals surface area contributed by atoms with E-state index < -0.39 is 24.9 Å². The van der Waals surface area contributed by atoms with E-state index in [0.29, 0.717) is 0 Å². The van der Waals surface area contributed by atoms with Gasteiger partial charge in [-0.1, -0.05) is 34.1 Å². The Bertz CT molecular complexity index is 393. The minimum absolute atomic E-state index is 0.220. The number of hydrogen-bond donors (Lipinski definition) is 1. The van der Waals surface area contributed by atoms with E-state index in [-0.39, 0.29) is 6.54 Å². The summed E-state index contributed by atoms with van der Waals surface area (Å²) in [5, 5.41) is 2.44. The highest BCUT2D eigenvalue weighted by Gasteiger charge is 2.27. The van der Waals surface area contributed by atoms with Crippen LogP contribution in [0.4, 0.5) is 13.2 Å². The van der Waals surface area contributed by atoms with Gasteiger partial charge in [-0.15, -0.1) is 0 Å². The van der Waals surface area contributed by atoms with Crippen LogP contribution in [0, 0.1) is 0 Å². The Labute approximate surface area is 105 Å². The molecule has 0 saturated heterocycles. The summed E-state index contributed by atoms with van der Waals surface area (Å²) in [7, 11) is 0. The fourth-order valence-electron chi connectivity index (χ4n) is 1.18. The molecule has 0 bridgehead atoms. The average molecular weight is 310 g/mol. The van der Waals surface area contributed by atoms with Crippen LogP contribution < -0.4 is 5.32 Å². The average Bonchev–Trinajstić information content (AvgIpc) is 2.24. The minimum Gasteiger partial charge on any atom is -0.352 e. The fourth-order valence-corrected chi connectivity index (χ4v) is 1.60. The normalized spacial score (nSPS) is 11.3. The maximum Gasteiger partial charge on any atom is 0.389 e. The van der Waals surface area contributed by atoms with Gasteiger partial charge in [0.25, 0.3) is 0 Å². The van der Waals surface area contributed by atoms with Crippen molar-refractivity contribution in [3.8, 4) is 0 Å². The molecule has 17 heavy (non-hydrogen) atoms. The summed E-state index contributed by atoms with van der Waals surface area (Å²) in [5.41, 5.74) is 0.827. The molecular formula is C11H11BrF3NO. The van der Waals surface area contributed by atoms with Crippen molar-refractivity contribution >= 4 is 21.8 Å². The van der Waals surface area contributed by atoms with E-state index >= 15 is 0 Å².